The van der Waals surface area contributed by atoms with Gasteiger partial charge in [-0.2, -0.15) is 0 Å². The number of nitrogens with zero attached hydrogens (tertiary/aromatic N) is 4. The lowest BCUT2D eigenvalue weighted by molar-refractivity contribution is 0.769. The molecule has 0 spiro atoms. The minimum Gasteiger partial charge on any atom is -0.356 e. The molecule has 0 radical (unpaired) electrons. The molecule has 2 aromatic heterocycles. The predicted molar refractivity (Wildman–Crippen MR) is 108 cm³/mol. The zero-order valence-electron chi connectivity index (χ0n) is 14.5. The number of aromatic nitrogens is 3. The molecule has 8 heteroatoms. The van der Waals surface area contributed by atoms with E-state index in [0.29, 0.717) is 0 Å². The van der Waals surface area contributed by atoms with Crippen LogP contribution in [0.3, 0.4) is 0 Å². The Labute approximate surface area is 162 Å². The fraction of sp³-hybridized carbons (Fsp3) is 0.278. The highest BCUT2D eigenvalue weighted by Gasteiger charge is 2.05. The molecule has 6 nitrogen and oxygen atoms in total. The molecule has 2 heterocycles. The molecule has 136 valence electrons. The van der Waals surface area contributed by atoms with E-state index in [0.717, 1.165) is 47.7 Å². The molecule has 2 N–H and O–H groups in total. The zero-order chi connectivity index (χ0) is 18.2. The standard InChI is InChI=1S/C18H21ClN6S/c1-20-18(22-11-13-26-15-7-5-14(19)6-8-15)21-10-9-17-24-23-16-4-2-3-12-25(16)17/h2-8,12H,9-11,13H2,1H3,(H2,20,21,22). The van der Waals surface area contributed by atoms with Gasteiger partial charge in [0.2, 0.25) is 0 Å². The van der Waals surface area contributed by atoms with E-state index in [1.54, 1.807) is 18.8 Å². The molecule has 0 atom stereocenters. The Hall–Kier alpha value is -2.25. The lowest BCUT2D eigenvalue weighted by Crippen LogP contribution is -2.39. The van der Waals surface area contributed by atoms with Crippen molar-refractivity contribution in [2.75, 3.05) is 25.9 Å². The van der Waals surface area contributed by atoms with Gasteiger partial charge >= 0.3 is 0 Å². The van der Waals surface area contributed by atoms with Crippen LogP contribution in [0.1, 0.15) is 5.82 Å². The van der Waals surface area contributed by atoms with Crippen molar-refractivity contribution in [2.24, 2.45) is 4.99 Å². The van der Waals surface area contributed by atoms with E-state index in [-0.39, 0.29) is 0 Å². The molecule has 0 saturated carbocycles. The van der Waals surface area contributed by atoms with Gasteiger partial charge < -0.3 is 10.6 Å². The maximum atomic E-state index is 5.90. The van der Waals surface area contributed by atoms with E-state index >= 15 is 0 Å². The van der Waals surface area contributed by atoms with Crippen molar-refractivity contribution in [3.8, 4) is 0 Å². The number of rotatable bonds is 7. The Balaban J connectivity index is 1.38. The first-order chi connectivity index (χ1) is 12.8. The molecule has 0 amide bonds. The van der Waals surface area contributed by atoms with Crippen LogP contribution in [0.5, 0.6) is 0 Å². The number of pyridine rings is 1. The lowest BCUT2D eigenvalue weighted by atomic mass is 10.4. The Morgan fingerprint density at radius 1 is 1.12 bits per heavy atom. The van der Waals surface area contributed by atoms with Crippen LogP contribution in [0.4, 0.5) is 0 Å². The minimum atomic E-state index is 0.736. The van der Waals surface area contributed by atoms with E-state index in [9.17, 15) is 0 Å². The van der Waals surface area contributed by atoms with E-state index in [1.165, 1.54) is 4.90 Å². The highest BCUT2D eigenvalue weighted by Crippen LogP contribution is 2.19. The second-order valence-electron chi connectivity index (χ2n) is 5.52. The van der Waals surface area contributed by atoms with E-state index in [1.807, 2.05) is 53.1 Å². The summed E-state index contributed by atoms with van der Waals surface area (Å²) in [5.41, 5.74) is 0.865. The summed E-state index contributed by atoms with van der Waals surface area (Å²) >= 11 is 7.67. The number of benzene rings is 1. The number of halogens is 1. The van der Waals surface area contributed by atoms with Gasteiger partial charge in [-0.25, -0.2) is 0 Å². The first-order valence-electron chi connectivity index (χ1n) is 8.38. The van der Waals surface area contributed by atoms with Crippen LogP contribution in [0.25, 0.3) is 5.65 Å². The highest BCUT2D eigenvalue weighted by molar-refractivity contribution is 7.99. The number of guanidine groups is 1. The Kier molecular flexibility index (Phi) is 6.74. The number of fused-ring (bicyclic) bond motifs is 1. The molecule has 0 bridgehead atoms. The van der Waals surface area contributed by atoms with E-state index < -0.39 is 0 Å². The molecule has 0 saturated heterocycles. The molecular formula is C18H21ClN6S. The van der Waals surface area contributed by atoms with Crippen molar-refractivity contribution in [3.05, 3.63) is 59.5 Å². The number of hydrogen-bond donors (Lipinski definition) is 2. The Morgan fingerprint density at radius 2 is 1.92 bits per heavy atom. The quantitative estimate of drug-likeness (QED) is 0.282. The molecule has 0 aliphatic rings. The van der Waals surface area contributed by atoms with Crippen molar-refractivity contribution < 1.29 is 0 Å². The summed E-state index contributed by atoms with van der Waals surface area (Å²) in [4.78, 5) is 5.46. The van der Waals surface area contributed by atoms with Gasteiger partial charge in [0, 0.05) is 48.4 Å². The monoisotopic (exact) mass is 388 g/mol. The summed E-state index contributed by atoms with van der Waals surface area (Å²) in [6, 6.07) is 13.8. The number of aliphatic imine (C=N–C) groups is 1. The maximum Gasteiger partial charge on any atom is 0.191 e. The fourth-order valence-corrected chi connectivity index (χ4v) is 3.34. The van der Waals surface area contributed by atoms with Crippen molar-refractivity contribution >= 4 is 35.0 Å². The van der Waals surface area contributed by atoms with Gasteiger partial charge in [-0.15, -0.1) is 22.0 Å². The summed E-state index contributed by atoms with van der Waals surface area (Å²) in [5, 5.41) is 15.8. The molecular weight excluding hydrogens is 368 g/mol. The van der Waals surface area contributed by atoms with Crippen LogP contribution in [0.2, 0.25) is 5.02 Å². The van der Waals surface area contributed by atoms with Gasteiger partial charge in [0.25, 0.3) is 0 Å². The van der Waals surface area contributed by atoms with Gasteiger partial charge in [-0.3, -0.25) is 9.39 Å². The van der Waals surface area contributed by atoms with Crippen LogP contribution in [0.15, 0.2) is 58.5 Å². The van der Waals surface area contributed by atoms with Crippen LogP contribution in [-0.2, 0) is 6.42 Å². The zero-order valence-corrected chi connectivity index (χ0v) is 16.1. The highest BCUT2D eigenvalue weighted by atomic mass is 35.5. The summed E-state index contributed by atoms with van der Waals surface area (Å²) in [7, 11) is 1.77. The number of thioether (sulfide) groups is 1. The van der Waals surface area contributed by atoms with Gasteiger partial charge in [0.05, 0.1) is 0 Å². The summed E-state index contributed by atoms with van der Waals surface area (Å²) in [5.74, 6) is 2.66. The van der Waals surface area contributed by atoms with E-state index in [4.69, 9.17) is 11.6 Å². The molecule has 26 heavy (non-hydrogen) atoms. The smallest absolute Gasteiger partial charge is 0.191 e. The van der Waals surface area contributed by atoms with Gasteiger partial charge in [0.1, 0.15) is 5.82 Å². The Bertz CT molecular complexity index is 862. The average molecular weight is 389 g/mol. The van der Waals surface area contributed by atoms with Gasteiger partial charge in [-0.1, -0.05) is 17.7 Å². The second kappa shape index (κ2) is 9.45. The third-order valence-electron chi connectivity index (χ3n) is 3.73. The summed E-state index contributed by atoms with van der Waals surface area (Å²) in [6.07, 6.45) is 2.75. The van der Waals surface area contributed by atoms with Crippen LogP contribution >= 0.6 is 23.4 Å². The molecule has 0 aliphatic heterocycles. The average Bonchev–Trinajstić information content (AvgIpc) is 3.08. The maximum absolute atomic E-state index is 5.90. The lowest BCUT2D eigenvalue weighted by Gasteiger charge is -2.11. The number of nitrogens with one attached hydrogen (secondary N) is 2. The normalized spacial score (nSPS) is 11.7. The predicted octanol–water partition coefficient (Wildman–Crippen LogP) is 2.88. The summed E-state index contributed by atoms with van der Waals surface area (Å²) < 4.78 is 2.00. The van der Waals surface area contributed by atoms with Crippen molar-refractivity contribution in [3.63, 3.8) is 0 Å². The van der Waals surface area contributed by atoms with Gasteiger partial charge in [-0.05, 0) is 36.4 Å². The Morgan fingerprint density at radius 3 is 2.73 bits per heavy atom. The van der Waals surface area contributed by atoms with Gasteiger partial charge in [0.15, 0.2) is 11.6 Å². The third kappa shape index (κ3) is 5.12. The topological polar surface area (TPSA) is 66.6 Å². The molecule has 1 aromatic carbocycles. The largest absolute Gasteiger partial charge is 0.356 e. The summed E-state index contributed by atoms with van der Waals surface area (Å²) in [6.45, 7) is 1.56. The molecule has 3 rings (SSSR count). The fourth-order valence-electron chi connectivity index (χ4n) is 2.44. The first kappa shape index (κ1) is 18.5. The molecule has 0 unspecified atom stereocenters. The van der Waals surface area contributed by atoms with Crippen molar-refractivity contribution in [1.29, 1.82) is 0 Å². The van der Waals surface area contributed by atoms with Crippen LogP contribution in [-0.4, -0.2) is 46.4 Å². The molecule has 0 aliphatic carbocycles. The molecule has 3 aromatic rings. The first-order valence-corrected chi connectivity index (χ1v) is 9.74. The minimum absolute atomic E-state index is 0.736. The van der Waals surface area contributed by atoms with E-state index in [2.05, 4.69) is 25.8 Å². The molecule has 0 fully saturated rings. The third-order valence-corrected chi connectivity index (χ3v) is 4.99. The van der Waals surface area contributed by atoms with Crippen molar-refractivity contribution in [1.82, 2.24) is 25.2 Å². The second-order valence-corrected chi connectivity index (χ2v) is 7.13. The SMILES string of the molecule is CN=C(NCCSc1ccc(Cl)cc1)NCCc1nnc2ccccn12. The van der Waals surface area contributed by atoms with Crippen LogP contribution in [0, 0.1) is 0 Å². The van der Waals surface area contributed by atoms with Crippen LogP contribution < -0.4 is 10.6 Å². The number of hydrogen-bond acceptors (Lipinski definition) is 4. The van der Waals surface area contributed by atoms with Crippen molar-refractivity contribution in [2.45, 2.75) is 11.3 Å².